The van der Waals surface area contributed by atoms with Crippen LogP contribution in [0, 0.1) is 6.92 Å². The van der Waals surface area contributed by atoms with Crippen molar-refractivity contribution in [3.63, 3.8) is 0 Å². The first-order valence-electron chi connectivity index (χ1n) is 9.13. The van der Waals surface area contributed by atoms with Crippen LogP contribution in [-0.4, -0.2) is 24.7 Å². The molecule has 0 radical (unpaired) electrons. The first kappa shape index (κ1) is 18.7. The number of nitrogens with zero attached hydrogens (tertiary/aromatic N) is 5. The van der Waals surface area contributed by atoms with Crippen molar-refractivity contribution in [3.8, 4) is 16.5 Å². The highest BCUT2D eigenvalue weighted by atomic mass is 32.2. The molecule has 4 heterocycles. The van der Waals surface area contributed by atoms with E-state index in [1.807, 2.05) is 54.8 Å². The van der Waals surface area contributed by atoms with Gasteiger partial charge in [-0.15, -0.1) is 11.3 Å². The van der Waals surface area contributed by atoms with E-state index in [0.29, 0.717) is 39.3 Å². The van der Waals surface area contributed by atoms with Crippen molar-refractivity contribution in [2.75, 3.05) is 0 Å². The predicted octanol–water partition coefficient (Wildman–Crippen LogP) is 4.49. The van der Waals surface area contributed by atoms with Crippen molar-refractivity contribution < 1.29 is 4.52 Å². The topological polar surface area (TPSA) is 86.7 Å². The predicted molar refractivity (Wildman–Crippen MR) is 117 cm³/mol. The van der Waals surface area contributed by atoms with Gasteiger partial charge in [-0.25, -0.2) is 14.5 Å². The van der Waals surface area contributed by atoms with Crippen LogP contribution in [0.1, 0.15) is 11.5 Å². The van der Waals surface area contributed by atoms with Gasteiger partial charge in [0.1, 0.15) is 5.82 Å². The molecule has 4 aromatic heterocycles. The summed E-state index contributed by atoms with van der Waals surface area (Å²) in [5.41, 5.74) is 1.48. The molecule has 0 aliphatic heterocycles. The van der Waals surface area contributed by atoms with E-state index in [-0.39, 0.29) is 5.56 Å². The smallest absolute Gasteiger partial charge is 0.267 e. The van der Waals surface area contributed by atoms with Crippen LogP contribution in [0.15, 0.2) is 74.6 Å². The summed E-state index contributed by atoms with van der Waals surface area (Å²) in [7, 11) is 0. The molecule has 0 aliphatic rings. The number of aryl methyl sites for hydroxylation is 1. The van der Waals surface area contributed by atoms with Crippen molar-refractivity contribution >= 4 is 34.0 Å². The molecular weight excluding hydrogens is 418 g/mol. The van der Waals surface area contributed by atoms with Crippen molar-refractivity contribution in [3.05, 3.63) is 81.9 Å². The quantitative estimate of drug-likeness (QED) is 0.298. The molecule has 30 heavy (non-hydrogen) atoms. The van der Waals surface area contributed by atoms with E-state index in [1.165, 1.54) is 16.3 Å². The van der Waals surface area contributed by atoms with E-state index >= 15 is 0 Å². The number of hydrogen-bond acceptors (Lipinski definition) is 8. The molecule has 148 valence electrons. The summed E-state index contributed by atoms with van der Waals surface area (Å²) in [6.07, 6.45) is 1.69. The summed E-state index contributed by atoms with van der Waals surface area (Å²) in [5.74, 6) is 1.94. The minimum absolute atomic E-state index is 0.161. The number of pyridine rings is 1. The van der Waals surface area contributed by atoms with Gasteiger partial charge < -0.3 is 4.52 Å². The van der Waals surface area contributed by atoms with Crippen molar-refractivity contribution in [2.45, 2.75) is 17.8 Å². The van der Waals surface area contributed by atoms with Crippen LogP contribution in [0.25, 0.3) is 27.4 Å². The number of benzene rings is 1. The van der Waals surface area contributed by atoms with Gasteiger partial charge in [-0.3, -0.25) is 4.79 Å². The number of rotatable bonds is 5. The molecule has 5 aromatic rings. The minimum atomic E-state index is -0.161. The van der Waals surface area contributed by atoms with Gasteiger partial charge in [0.25, 0.3) is 5.56 Å². The van der Waals surface area contributed by atoms with E-state index in [2.05, 4.69) is 15.1 Å². The standard InChI is InChI=1S/C21H15N5O2S2/c1-13-8-9-22-17(11-13)26-20(27)14-5-2-3-6-15(14)23-21(26)30-12-18-24-19(25-28-18)16-7-4-10-29-16/h2-11H,12H2,1H3. The average molecular weight is 434 g/mol. The van der Waals surface area contributed by atoms with E-state index in [4.69, 9.17) is 9.51 Å². The van der Waals surface area contributed by atoms with Crippen molar-refractivity contribution in [2.24, 2.45) is 0 Å². The molecule has 0 fully saturated rings. The van der Waals surface area contributed by atoms with Gasteiger partial charge in [0, 0.05) is 6.20 Å². The number of fused-ring (bicyclic) bond motifs is 1. The van der Waals surface area contributed by atoms with Gasteiger partial charge in [-0.1, -0.05) is 35.1 Å². The van der Waals surface area contributed by atoms with E-state index in [1.54, 1.807) is 23.6 Å². The highest BCUT2D eigenvalue weighted by molar-refractivity contribution is 7.98. The fourth-order valence-corrected chi connectivity index (χ4v) is 4.49. The van der Waals surface area contributed by atoms with Crippen LogP contribution < -0.4 is 5.56 Å². The van der Waals surface area contributed by atoms with Crippen LogP contribution in [0.4, 0.5) is 0 Å². The Morgan fingerprint density at radius 2 is 2.03 bits per heavy atom. The lowest BCUT2D eigenvalue weighted by Gasteiger charge is -2.12. The van der Waals surface area contributed by atoms with E-state index < -0.39 is 0 Å². The van der Waals surface area contributed by atoms with Gasteiger partial charge in [0.05, 0.1) is 21.5 Å². The molecule has 0 atom stereocenters. The maximum absolute atomic E-state index is 13.3. The zero-order valence-electron chi connectivity index (χ0n) is 15.8. The van der Waals surface area contributed by atoms with Gasteiger partial charge in [0.15, 0.2) is 5.16 Å². The summed E-state index contributed by atoms with van der Waals surface area (Å²) >= 11 is 2.91. The fourth-order valence-electron chi connectivity index (χ4n) is 3.00. The lowest BCUT2D eigenvalue weighted by Crippen LogP contribution is -2.22. The molecule has 1 aromatic carbocycles. The minimum Gasteiger partial charge on any atom is -0.338 e. The molecule has 0 spiro atoms. The lowest BCUT2D eigenvalue weighted by atomic mass is 10.2. The molecule has 0 aliphatic carbocycles. The second-order valence-electron chi connectivity index (χ2n) is 6.52. The monoisotopic (exact) mass is 433 g/mol. The molecule has 0 amide bonds. The third-order valence-corrected chi connectivity index (χ3v) is 6.20. The maximum atomic E-state index is 13.3. The van der Waals surface area contributed by atoms with E-state index in [9.17, 15) is 4.79 Å². The Hall–Kier alpha value is -3.30. The summed E-state index contributed by atoms with van der Waals surface area (Å²) in [5, 5.41) is 7.07. The summed E-state index contributed by atoms with van der Waals surface area (Å²) < 4.78 is 6.92. The molecule has 0 N–H and O–H groups in total. The van der Waals surface area contributed by atoms with Crippen LogP contribution >= 0.6 is 23.1 Å². The first-order valence-corrected chi connectivity index (χ1v) is 11.0. The summed E-state index contributed by atoms with van der Waals surface area (Å²) in [6, 6.07) is 14.9. The van der Waals surface area contributed by atoms with Crippen LogP contribution in [-0.2, 0) is 5.75 Å². The highest BCUT2D eigenvalue weighted by Crippen LogP contribution is 2.26. The van der Waals surface area contributed by atoms with Crippen LogP contribution in [0.5, 0.6) is 0 Å². The zero-order valence-corrected chi connectivity index (χ0v) is 17.5. The Kier molecular flexibility index (Phi) is 4.89. The molecule has 7 nitrogen and oxygen atoms in total. The Bertz CT molecular complexity index is 1390. The van der Waals surface area contributed by atoms with Crippen molar-refractivity contribution in [1.82, 2.24) is 24.7 Å². The average Bonchev–Trinajstić information content (AvgIpc) is 3.44. The Labute approximate surface area is 179 Å². The second-order valence-corrected chi connectivity index (χ2v) is 8.41. The first-order chi connectivity index (χ1) is 14.7. The summed E-state index contributed by atoms with van der Waals surface area (Å²) in [4.78, 5) is 27.7. The van der Waals surface area contributed by atoms with E-state index in [0.717, 1.165) is 10.4 Å². The molecule has 9 heteroatoms. The molecule has 0 bridgehead atoms. The number of thioether (sulfide) groups is 1. The molecule has 5 rings (SSSR count). The van der Waals surface area contributed by atoms with Gasteiger partial charge in [-0.2, -0.15) is 4.98 Å². The Balaban J connectivity index is 1.54. The van der Waals surface area contributed by atoms with Crippen LogP contribution in [0.3, 0.4) is 0 Å². The van der Waals surface area contributed by atoms with Crippen molar-refractivity contribution in [1.29, 1.82) is 0 Å². The zero-order chi connectivity index (χ0) is 20.5. The molecular formula is C21H15N5O2S2. The molecule has 0 saturated heterocycles. The van der Waals surface area contributed by atoms with Crippen LogP contribution in [0.2, 0.25) is 0 Å². The number of para-hydroxylation sites is 1. The third-order valence-electron chi connectivity index (χ3n) is 4.41. The molecule has 0 unspecified atom stereocenters. The van der Waals surface area contributed by atoms with Gasteiger partial charge in [-0.05, 0) is 48.2 Å². The highest BCUT2D eigenvalue weighted by Gasteiger charge is 2.16. The third kappa shape index (κ3) is 3.53. The maximum Gasteiger partial charge on any atom is 0.267 e. The van der Waals surface area contributed by atoms with Gasteiger partial charge >= 0.3 is 0 Å². The van der Waals surface area contributed by atoms with Gasteiger partial charge in [0.2, 0.25) is 11.7 Å². The Morgan fingerprint density at radius 3 is 2.87 bits per heavy atom. The largest absolute Gasteiger partial charge is 0.338 e. The molecule has 0 saturated carbocycles. The second kappa shape index (κ2) is 7.85. The Morgan fingerprint density at radius 1 is 1.13 bits per heavy atom. The number of aromatic nitrogens is 5. The lowest BCUT2D eigenvalue weighted by molar-refractivity contribution is 0.391. The normalized spacial score (nSPS) is 11.2. The SMILES string of the molecule is Cc1ccnc(-n2c(SCc3nc(-c4cccs4)no3)nc3ccccc3c2=O)c1. The number of hydrogen-bond donors (Lipinski definition) is 0. The number of thiophene rings is 1. The summed E-state index contributed by atoms with van der Waals surface area (Å²) in [6.45, 7) is 1.96. The fraction of sp³-hybridized carbons (Fsp3) is 0.0952.